The van der Waals surface area contributed by atoms with Crippen LogP contribution in [0.4, 0.5) is 15.7 Å². The second-order valence-corrected chi connectivity index (χ2v) is 5.88. The number of aromatic nitrogens is 3. The lowest BCUT2D eigenvalue weighted by Gasteiger charge is -2.20. The van der Waals surface area contributed by atoms with Crippen molar-refractivity contribution < 1.29 is 4.79 Å². The van der Waals surface area contributed by atoms with Gasteiger partial charge in [-0.05, 0) is 7.05 Å². The first kappa shape index (κ1) is 13.1. The number of likely N-dealkylation sites (N-methyl/N-ethyl adjacent to an activating group) is 1. The van der Waals surface area contributed by atoms with Gasteiger partial charge in [-0.15, -0.1) is 11.3 Å². The van der Waals surface area contributed by atoms with Crippen LogP contribution in [-0.2, 0) is 20.0 Å². The van der Waals surface area contributed by atoms with Crippen molar-refractivity contribution in [3.63, 3.8) is 0 Å². The number of nitrogens with zero attached hydrogens (tertiary/aromatic N) is 4. The summed E-state index contributed by atoms with van der Waals surface area (Å²) < 4.78 is 1.60. The zero-order chi connectivity index (χ0) is 14.1. The van der Waals surface area contributed by atoms with Crippen LogP contribution in [0.15, 0.2) is 12.3 Å². The highest BCUT2D eigenvalue weighted by Gasteiger charge is 2.19. The van der Waals surface area contributed by atoms with Crippen LogP contribution in [0.2, 0.25) is 0 Å². The van der Waals surface area contributed by atoms with Gasteiger partial charge in [-0.25, -0.2) is 9.78 Å². The number of anilines is 2. The molecule has 0 saturated carbocycles. The molecule has 1 aliphatic rings. The summed E-state index contributed by atoms with van der Waals surface area (Å²) in [6.07, 6.45) is 2.57. The van der Waals surface area contributed by atoms with Crippen molar-refractivity contribution >= 4 is 28.3 Å². The highest BCUT2D eigenvalue weighted by atomic mass is 32.1. The average molecular weight is 292 g/mol. The fraction of sp³-hybridized carbons (Fsp3) is 0.417. The highest BCUT2D eigenvalue weighted by Crippen LogP contribution is 2.27. The SMILES string of the molecule is CN1CCc2nc(NC(=O)Nc3ccnn3C)sc2C1. The topological polar surface area (TPSA) is 75.1 Å². The van der Waals surface area contributed by atoms with E-state index in [2.05, 4.69) is 32.7 Å². The van der Waals surface area contributed by atoms with Crippen molar-refractivity contribution in [2.24, 2.45) is 7.05 Å². The van der Waals surface area contributed by atoms with Crippen LogP contribution in [0.3, 0.4) is 0 Å². The van der Waals surface area contributed by atoms with Crippen LogP contribution in [0, 0.1) is 0 Å². The van der Waals surface area contributed by atoms with E-state index in [1.54, 1.807) is 24.0 Å². The molecule has 1 aliphatic heterocycles. The van der Waals surface area contributed by atoms with Gasteiger partial charge in [0.2, 0.25) is 0 Å². The van der Waals surface area contributed by atoms with E-state index >= 15 is 0 Å². The van der Waals surface area contributed by atoms with E-state index in [9.17, 15) is 4.79 Å². The summed E-state index contributed by atoms with van der Waals surface area (Å²) in [4.78, 5) is 19.9. The number of nitrogens with one attached hydrogen (secondary N) is 2. The molecule has 3 rings (SSSR count). The van der Waals surface area contributed by atoms with Gasteiger partial charge in [0, 0.05) is 37.5 Å². The first-order chi connectivity index (χ1) is 9.61. The second kappa shape index (κ2) is 5.22. The number of carbonyl (C=O) groups is 1. The Labute approximate surface area is 120 Å². The van der Waals surface area contributed by atoms with Crippen molar-refractivity contribution in [2.45, 2.75) is 13.0 Å². The van der Waals surface area contributed by atoms with Crippen molar-refractivity contribution in [1.29, 1.82) is 0 Å². The molecule has 20 heavy (non-hydrogen) atoms. The number of fused-ring (bicyclic) bond motifs is 1. The van der Waals surface area contributed by atoms with Crippen LogP contribution < -0.4 is 10.6 Å². The Bertz CT molecular complexity index is 634. The maximum atomic E-state index is 11.9. The summed E-state index contributed by atoms with van der Waals surface area (Å²) in [7, 11) is 3.86. The smallest absolute Gasteiger partial charge is 0.301 e. The molecule has 0 atom stereocenters. The molecule has 2 N–H and O–H groups in total. The third-order valence-corrected chi connectivity index (χ3v) is 4.20. The molecule has 2 amide bonds. The van der Waals surface area contributed by atoms with Crippen molar-refractivity contribution in [1.82, 2.24) is 19.7 Å². The minimum atomic E-state index is -0.298. The summed E-state index contributed by atoms with van der Waals surface area (Å²) in [5.41, 5.74) is 1.10. The van der Waals surface area contributed by atoms with Crippen LogP contribution in [0.5, 0.6) is 0 Å². The first-order valence-corrected chi connectivity index (χ1v) is 7.16. The van der Waals surface area contributed by atoms with Gasteiger partial charge in [0.15, 0.2) is 5.13 Å². The largest absolute Gasteiger partial charge is 0.326 e. The minimum absolute atomic E-state index is 0.298. The Hall–Kier alpha value is -1.93. The van der Waals surface area contributed by atoms with Crippen molar-refractivity contribution in [3.05, 3.63) is 22.8 Å². The van der Waals surface area contributed by atoms with Gasteiger partial charge in [-0.1, -0.05) is 0 Å². The highest BCUT2D eigenvalue weighted by molar-refractivity contribution is 7.15. The zero-order valence-corrected chi connectivity index (χ0v) is 12.2. The molecule has 0 fully saturated rings. The number of thiazole rings is 1. The van der Waals surface area contributed by atoms with Gasteiger partial charge in [0.05, 0.1) is 11.9 Å². The third kappa shape index (κ3) is 2.66. The maximum Gasteiger partial charge on any atom is 0.326 e. The lowest BCUT2D eigenvalue weighted by molar-refractivity contribution is 0.262. The molecule has 2 aromatic heterocycles. The van der Waals surface area contributed by atoms with Crippen LogP contribution in [0.1, 0.15) is 10.6 Å². The van der Waals surface area contributed by atoms with Gasteiger partial charge in [0.25, 0.3) is 0 Å². The van der Waals surface area contributed by atoms with Gasteiger partial charge >= 0.3 is 6.03 Å². The number of hydrogen-bond donors (Lipinski definition) is 2. The monoisotopic (exact) mass is 292 g/mol. The predicted octanol–water partition coefficient (Wildman–Crippen LogP) is 1.51. The quantitative estimate of drug-likeness (QED) is 0.880. The molecule has 0 aromatic carbocycles. The number of aryl methyl sites for hydroxylation is 1. The Balaban J connectivity index is 1.66. The lowest BCUT2D eigenvalue weighted by atomic mass is 10.2. The van der Waals surface area contributed by atoms with E-state index < -0.39 is 0 Å². The summed E-state index contributed by atoms with van der Waals surface area (Å²) in [6.45, 7) is 1.91. The Morgan fingerprint density at radius 2 is 2.25 bits per heavy atom. The number of carbonyl (C=O) groups excluding carboxylic acids is 1. The van der Waals surface area contributed by atoms with E-state index in [0.717, 1.165) is 25.2 Å². The summed E-state index contributed by atoms with van der Waals surface area (Å²) in [5.74, 6) is 0.642. The minimum Gasteiger partial charge on any atom is -0.301 e. The molecule has 0 aliphatic carbocycles. The van der Waals surface area contributed by atoms with Crippen molar-refractivity contribution in [3.8, 4) is 0 Å². The first-order valence-electron chi connectivity index (χ1n) is 6.35. The van der Waals surface area contributed by atoms with E-state index in [1.165, 1.54) is 16.2 Å². The molecule has 0 spiro atoms. The lowest BCUT2D eigenvalue weighted by Crippen LogP contribution is -2.25. The summed E-state index contributed by atoms with van der Waals surface area (Å²) >= 11 is 1.54. The van der Waals surface area contributed by atoms with Crippen LogP contribution in [0.25, 0.3) is 0 Å². The van der Waals surface area contributed by atoms with E-state index in [-0.39, 0.29) is 6.03 Å². The summed E-state index contributed by atoms with van der Waals surface area (Å²) in [6, 6.07) is 1.44. The predicted molar refractivity (Wildman–Crippen MR) is 78.0 cm³/mol. The number of urea groups is 1. The normalized spacial score (nSPS) is 14.9. The van der Waals surface area contributed by atoms with E-state index in [1.807, 2.05) is 0 Å². The molecule has 0 saturated heterocycles. The number of rotatable bonds is 2. The molecule has 0 unspecified atom stereocenters. The van der Waals surface area contributed by atoms with Crippen molar-refractivity contribution in [2.75, 3.05) is 24.2 Å². The molecule has 0 radical (unpaired) electrons. The van der Waals surface area contributed by atoms with Gasteiger partial charge in [-0.2, -0.15) is 5.10 Å². The van der Waals surface area contributed by atoms with Crippen LogP contribution in [-0.4, -0.2) is 39.3 Å². The van der Waals surface area contributed by atoms with Gasteiger partial charge in [-0.3, -0.25) is 15.3 Å². The molecule has 7 nitrogen and oxygen atoms in total. The third-order valence-electron chi connectivity index (χ3n) is 3.21. The molecule has 8 heteroatoms. The number of amides is 2. The zero-order valence-electron chi connectivity index (χ0n) is 11.4. The molecule has 0 bridgehead atoms. The molecular weight excluding hydrogens is 276 g/mol. The molecule has 2 aromatic rings. The van der Waals surface area contributed by atoms with E-state index in [4.69, 9.17) is 0 Å². The average Bonchev–Trinajstić information content (AvgIpc) is 2.95. The molecule has 3 heterocycles. The Morgan fingerprint density at radius 3 is 3.00 bits per heavy atom. The second-order valence-electron chi connectivity index (χ2n) is 4.80. The van der Waals surface area contributed by atoms with Crippen LogP contribution >= 0.6 is 11.3 Å². The fourth-order valence-electron chi connectivity index (χ4n) is 2.12. The maximum absolute atomic E-state index is 11.9. The Kier molecular flexibility index (Phi) is 3.41. The van der Waals surface area contributed by atoms with Gasteiger partial charge in [0.1, 0.15) is 5.82 Å². The molecular formula is C12H16N6OS. The van der Waals surface area contributed by atoms with Gasteiger partial charge < -0.3 is 4.90 Å². The summed E-state index contributed by atoms with van der Waals surface area (Å²) in [5, 5.41) is 10.1. The number of hydrogen-bond acceptors (Lipinski definition) is 5. The Morgan fingerprint density at radius 1 is 1.40 bits per heavy atom. The standard InChI is InChI=1S/C12H16N6OS/c1-17-6-4-8-9(7-17)20-12(14-8)16-11(19)15-10-3-5-13-18(10)2/h3,5H,4,6-7H2,1-2H3,(H2,14,15,16,19). The van der Waals surface area contributed by atoms with E-state index in [0.29, 0.717) is 10.9 Å². The fourth-order valence-corrected chi connectivity index (χ4v) is 3.20. The molecule has 106 valence electrons.